The zero-order valence-electron chi connectivity index (χ0n) is 15.7. The molecule has 2 N–H and O–H groups in total. The Morgan fingerprint density at radius 3 is 2.54 bits per heavy atom. The van der Waals surface area contributed by atoms with Crippen LogP contribution in [0.3, 0.4) is 0 Å². The maximum absolute atomic E-state index is 13.4. The Hall–Kier alpha value is -3.62. The summed E-state index contributed by atoms with van der Waals surface area (Å²) in [7, 11) is 0. The highest BCUT2D eigenvalue weighted by atomic mass is 19.1. The third-order valence-electron chi connectivity index (χ3n) is 4.17. The van der Waals surface area contributed by atoms with Crippen LogP contribution in [0.15, 0.2) is 36.4 Å². The molecule has 0 unspecified atom stereocenters. The summed E-state index contributed by atoms with van der Waals surface area (Å²) in [5.41, 5.74) is 3.75. The topological polar surface area (TPSA) is 102 Å². The molecule has 3 rings (SSSR count). The van der Waals surface area contributed by atoms with E-state index >= 15 is 0 Å². The van der Waals surface area contributed by atoms with Gasteiger partial charge in [0.2, 0.25) is 5.82 Å². The van der Waals surface area contributed by atoms with Crippen molar-refractivity contribution in [3.63, 3.8) is 0 Å². The van der Waals surface area contributed by atoms with Crippen molar-refractivity contribution in [2.45, 2.75) is 27.3 Å². The number of imide groups is 1. The second-order valence-electron chi connectivity index (χ2n) is 6.41. The van der Waals surface area contributed by atoms with E-state index in [0.717, 1.165) is 15.9 Å². The summed E-state index contributed by atoms with van der Waals surface area (Å²) in [6.45, 7) is 5.24. The van der Waals surface area contributed by atoms with E-state index in [2.05, 4.69) is 26.0 Å². The summed E-state index contributed by atoms with van der Waals surface area (Å²) < 4.78 is 13.4. The van der Waals surface area contributed by atoms with Crippen LogP contribution >= 0.6 is 0 Å². The molecule has 144 valence electrons. The SMILES string of the molecule is Cc1ccc(NC(=O)NC(=O)Cn2nnc(-c3ccc(F)c(C)c3)n2)cc1C. The normalized spacial score (nSPS) is 10.6. The van der Waals surface area contributed by atoms with Gasteiger partial charge in [0.1, 0.15) is 12.4 Å². The van der Waals surface area contributed by atoms with E-state index in [1.807, 2.05) is 26.0 Å². The second-order valence-corrected chi connectivity index (χ2v) is 6.41. The molecule has 0 aliphatic carbocycles. The number of hydrogen-bond donors (Lipinski definition) is 2. The molecule has 0 aliphatic heterocycles. The molecule has 1 heterocycles. The van der Waals surface area contributed by atoms with Crippen molar-refractivity contribution in [1.82, 2.24) is 25.5 Å². The molecular weight excluding hydrogens is 363 g/mol. The van der Waals surface area contributed by atoms with Gasteiger partial charge in [-0.1, -0.05) is 6.07 Å². The first-order chi connectivity index (χ1) is 13.3. The average molecular weight is 382 g/mol. The van der Waals surface area contributed by atoms with Crippen molar-refractivity contribution in [3.05, 3.63) is 58.9 Å². The number of anilines is 1. The summed E-state index contributed by atoms with van der Waals surface area (Å²) in [4.78, 5) is 25.1. The van der Waals surface area contributed by atoms with Crippen LogP contribution in [0.5, 0.6) is 0 Å². The van der Waals surface area contributed by atoms with E-state index in [1.165, 1.54) is 12.1 Å². The lowest BCUT2D eigenvalue weighted by Gasteiger charge is -2.08. The lowest BCUT2D eigenvalue weighted by atomic mass is 10.1. The van der Waals surface area contributed by atoms with Gasteiger partial charge < -0.3 is 5.32 Å². The van der Waals surface area contributed by atoms with Crippen LogP contribution in [0, 0.1) is 26.6 Å². The molecule has 3 amide bonds. The summed E-state index contributed by atoms with van der Waals surface area (Å²) in [6, 6.07) is 9.23. The Morgan fingerprint density at radius 2 is 1.82 bits per heavy atom. The maximum atomic E-state index is 13.4. The van der Waals surface area contributed by atoms with Gasteiger partial charge in [-0.15, -0.1) is 10.2 Å². The fraction of sp³-hybridized carbons (Fsp3) is 0.211. The number of nitrogens with zero attached hydrogens (tertiary/aromatic N) is 4. The van der Waals surface area contributed by atoms with Crippen molar-refractivity contribution in [2.24, 2.45) is 0 Å². The monoisotopic (exact) mass is 382 g/mol. The molecule has 0 spiro atoms. The van der Waals surface area contributed by atoms with Crippen LogP contribution in [0.2, 0.25) is 0 Å². The Bertz CT molecular complexity index is 1050. The lowest BCUT2D eigenvalue weighted by molar-refractivity contribution is -0.120. The third kappa shape index (κ3) is 4.56. The molecule has 0 radical (unpaired) electrons. The smallest absolute Gasteiger partial charge is 0.308 e. The van der Waals surface area contributed by atoms with Crippen molar-refractivity contribution in [3.8, 4) is 11.4 Å². The highest BCUT2D eigenvalue weighted by molar-refractivity contribution is 6.01. The first-order valence-corrected chi connectivity index (χ1v) is 8.54. The Labute approximate surface area is 160 Å². The summed E-state index contributed by atoms with van der Waals surface area (Å²) in [6.07, 6.45) is 0. The van der Waals surface area contributed by atoms with E-state index in [-0.39, 0.29) is 18.2 Å². The van der Waals surface area contributed by atoms with Gasteiger partial charge in [0, 0.05) is 11.3 Å². The Balaban J connectivity index is 1.58. The fourth-order valence-corrected chi connectivity index (χ4v) is 2.49. The maximum Gasteiger partial charge on any atom is 0.325 e. The number of aryl methyl sites for hydroxylation is 3. The number of urea groups is 1. The molecule has 3 aromatic rings. The molecule has 0 fully saturated rings. The van der Waals surface area contributed by atoms with Gasteiger partial charge >= 0.3 is 6.03 Å². The van der Waals surface area contributed by atoms with Gasteiger partial charge in [-0.2, -0.15) is 4.80 Å². The largest absolute Gasteiger partial charge is 0.325 e. The number of nitrogens with one attached hydrogen (secondary N) is 2. The Kier molecular flexibility index (Phi) is 5.44. The summed E-state index contributed by atoms with van der Waals surface area (Å²) in [5.74, 6) is -0.665. The molecular formula is C19H19FN6O2. The molecule has 2 aromatic carbocycles. The number of tetrazole rings is 1. The van der Waals surface area contributed by atoms with E-state index < -0.39 is 11.9 Å². The van der Waals surface area contributed by atoms with Crippen LogP contribution in [0.4, 0.5) is 14.9 Å². The number of rotatable bonds is 4. The highest BCUT2D eigenvalue weighted by Crippen LogP contribution is 2.17. The van der Waals surface area contributed by atoms with E-state index in [0.29, 0.717) is 16.8 Å². The van der Waals surface area contributed by atoms with Crippen LogP contribution in [-0.4, -0.2) is 32.1 Å². The van der Waals surface area contributed by atoms with Crippen LogP contribution in [0.1, 0.15) is 16.7 Å². The fourth-order valence-electron chi connectivity index (χ4n) is 2.49. The summed E-state index contributed by atoms with van der Waals surface area (Å²) >= 11 is 0. The molecule has 0 saturated carbocycles. The summed E-state index contributed by atoms with van der Waals surface area (Å²) in [5, 5.41) is 16.5. The van der Waals surface area contributed by atoms with Gasteiger partial charge in [-0.3, -0.25) is 10.1 Å². The minimum Gasteiger partial charge on any atom is -0.308 e. The Morgan fingerprint density at radius 1 is 1.04 bits per heavy atom. The van der Waals surface area contributed by atoms with Crippen molar-refractivity contribution >= 4 is 17.6 Å². The average Bonchev–Trinajstić information content (AvgIpc) is 3.08. The van der Waals surface area contributed by atoms with Gasteiger partial charge in [0.15, 0.2) is 0 Å². The van der Waals surface area contributed by atoms with E-state index in [1.54, 1.807) is 19.1 Å². The van der Waals surface area contributed by atoms with Crippen LogP contribution in [-0.2, 0) is 11.3 Å². The standard InChI is InChI=1S/C19H19FN6O2/c1-11-4-6-15(9-12(11)2)21-19(28)22-17(27)10-26-24-18(23-25-26)14-5-7-16(20)13(3)8-14/h4-9H,10H2,1-3H3,(H2,21,22,27,28). The zero-order chi connectivity index (χ0) is 20.3. The van der Waals surface area contributed by atoms with E-state index in [4.69, 9.17) is 0 Å². The molecule has 0 saturated heterocycles. The van der Waals surface area contributed by atoms with Crippen molar-refractivity contribution in [2.75, 3.05) is 5.32 Å². The highest BCUT2D eigenvalue weighted by Gasteiger charge is 2.13. The molecule has 28 heavy (non-hydrogen) atoms. The molecule has 0 aliphatic rings. The quantitative estimate of drug-likeness (QED) is 0.722. The number of benzene rings is 2. The second kappa shape index (κ2) is 7.95. The van der Waals surface area contributed by atoms with Gasteiger partial charge in [-0.05, 0) is 73.0 Å². The molecule has 0 bridgehead atoms. The number of carbonyl (C=O) groups is 2. The van der Waals surface area contributed by atoms with Gasteiger partial charge in [0.25, 0.3) is 5.91 Å². The van der Waals surface area contributed by atoms with Gasteiger partial charge in [0.05, 0.1) is 0 Å². The van der Waals surface area contributed by atoms with E-state index in [9.17, 15) is 14.0 Å². The predicted molar refractivity (Wildman–Crippen MR) is 101 cm³/mol. The molecule has 0 atom stereocenters. The minimum atomic E-state index is -0.650. The molecule has 9 heteroatoms. The third-order valence-corrected chi connectivity index (χ3v) is 4.17. The minimum absolute atomic E-state index is 0.260. The van der Waals surface area contributed by atoms with Crippen molar-refractivity contribution < 1.29 is 14.0 Å². The van der Waals surface area contributed by atoms with Crippen LogP contribution in [0.25, 0.3) is 11.4 Å². The number of amides is 3. The lowest BCUT2D eigenvalue weighted by Crippen LogP contribution is -2.37. The van der Waals surface area contributed by atoms with Gasteiger partial charge in [-0.25, -0.2) is 9.18 Å². The number of carbonyl (C=O) groups excluding carboxylic acids is 2. The predicted octanol–water partition coefficient (Wildman–Crippen LogP) is 2.75. The number of hydrogen-bond acceptors (Lipinski definition) is 5. The molecule has 1 aromatic heterocycles. The first kappa shape index (κ1) is 19.2. The first-order valence-electron chi connectivity index (χ1n) is 8.54. The van der Waals surface area contributed by atoms with Crippen molar-refractivity contribution in [1.29, 1.82) is 0 Å². The van der Waals surface area contributed by atoms with Crippen LogP contribution < -0.4 is 10.6 Å². The zero-order valence-corrected chi connectivity index (χ0v) is 15.7. The molecule has 8 nitrogen and oxygen atoms in total. The number of halogens is 1. The number of aromatic nitrogens is 4.